The number of benzene rings is 2. The molecule has 110 valence electrons. The van der Waals surface area contributed by atoms with Gasteiger partial charge in [0.1, 0.15) is 22.9 Å². The Kier molecular flexibility index (Phi) is 5.16. The minimum atomic E-state index is -1.37. The normalized spacial score (nSPS) is 10.4. The third kappa shape index (κ3) is 4.19. The van der Waals surface area contributed by atoms with Crippen molar-refractivity contribution >= 4 is 17.7 Å². The Morgan fingerprint density at radius 2 is 1.86 bits per heavy atom. The first kappa shape index (κ1) is 15.3. The van der Waals surface area contributed by atoms with E-state index in [-0.39, 0.29) is 18.2 Å². The van der Waals surface area contributed by atoms with Crippen LogP contribution in [0.2, 0.25) is 0 Å². The third-order valence-corrected chi connectivity index (χ3v) is 3.59. The van der Waals surface area contributed by atoms with Crippen LogP contribution in [-0.2, 0) is 0 Å². The van der Waals surface area contributed by atoms with Gasteiger partial charge in [0.2, 0.25) is 0 Å². The van der Waals surface area contributed by atoms with E-state index in [2.05, 4.69) is 0 Å². The standard InChI is InChI=1S/C15H12F2O3S/c16-10-4-6-11(7-5-10)21-9-8-20-13-3-1-2-12(17)14(13)15(18)19/h1-7H,8-9H2,(H,18,19). The SMILES string of the molecule is O=C(O)c1c(F)cccc1OCCSc1ccc(F)cc1. The lowest BCUT2D eigenvalue weighted by molar-refractivity contribution is 0.0687. The van der Waals surface area contributed by atoms with Crippen LogP contribution in [0.15, 0.2) is 47.4 Å². The molecular formula is C15H12F2O3S. The van der Waals surface area contributed by atoms with Crippen LogP contribution in [-0.4, -0.2) is 23.4 Å². The third-order valence-electron chi connectivity index (χ3n) is 2.61. The summed E-state index contributed by atoms with van der Waals surface area (Å²) in [6.07, 6.45) is 0. The fraction of sp³-hybridized carbons (Fsp3) is 0.133. The molecule has 0 radical (unpaired) electrons. The van der Waals surface area contributed by atoms with E-state index >= 15 is 0 Å². The van der Waals surface area contributed by atoms with E-state index in [9.17, 15) is 13.6 Å². The summed E-state index contributed by atoms with van der Waals surface area (Å²) in [5.74, 6) is -1.97. The average molecular weight is 310 g/mol. The van der Waals surface area contributed by atoms with E-state index < -0.39 is 17.3 Å². The molecule has 6 heteroatoms. The number of thioether (sulfide) groups is 1. The van der Waals surface area contributed by atoms with Crippen molar-refractivity contribution in [1.29, 1.82) is 0 Å². The fourth-order valence-electron chi connectivity index (χ4n) is 1.67. The molecule has 0 amide bonds. The molecule has 0 saturated carbocycles. The molecule has 0 fully saturated rings. The van der Waals surface area contributed by atoms with Crippen molar-refractivity contribution < 1.29 is 23.4 Å². The highest BCUT2D eigenvalue weighted by Crippen LogP contribution is 2.23. The zero-order valence-corrected chi connectivity index (χ0v) is 11.7. The van der Waals surface area contributed by atoms with Gasteiger partial charge in [-0.2, -0.15) is 0 Å². The number of rotatable bonds is 6. The lowest BCUT2D eigenvalue weighted by atomic mass is 10.2. The summed E-state index contributed by atoms with van der Waals surface area (Å²) in [5, 5.41) is 8.95. The van der Waals surface area contributed by atoms with Crippen molar-refractivity contribution in [2.75, 3.05) is 12.4 Å². The average Bonchev–Trinajstić information content (AvgIpc) is 2.45. The van der Waals surface area contributed by atoms with Gasteiger partial charge >= 0.3 is 5.97 Å². The number of hydrogen-bond donors (Lipinski definition) is 1. The molecule has 0 bridgehead atoms. The second-order valence-corrected chi connectivity index (χ2v) is 5.24. The van der Waals surface area contributed by atoms with Crippen LogP contribution in [0.4, 0.5) is 8.78 Å². The van der Waals surface area contributed by atoms with Gasteiger partial charge in [0.15, 0.2) is 0 Å². The smallest absolute Gasteiger partial charge is 0.342 e. The molecule has 0 saturated heterocycles. The van der Waals surface area contributed by atoms with E-state index in [0.717, 1.165) is 11.0 Å². The van der Waals surface area contributed by atoms with Gasteiger partial charge in [-0.25, -0.2) is 13.6 Å². The molecule has 0 unspecified atom stereocenters. The van der Waals surface area contributed by atoms with E-state index in [1.807, 2.05) is 0 Å². The summed E-state index contributed by atoms with van der Waals surface area (Å²) < 4.78 is 31.4. The van der Waals surface area contributed by atoms with Crippen molar-refractivity contribution in [2.24, 2.45) is 0 Å². The molecule has 0 aliphatic carbocycles. The van der Waals surface area contributed by atoms with Gasteiger partial charge in [-0.3, -0.25) is 0 Å². The van der Waals surface area contributed by atoms with Crippen molar-refractivity contribution in [3.63, 3.8) is 0 Å². The number of carboxylic acids is 1. The van der Waals surface area contributed by atoms with Gasteiger partial charge in [-0.05, 0) is 36.4 Å². The molecule has 2 aromatic rings. The Morgan fingerprint density at radius 3 is 2.52 bits per heavy atom. The summed E-state index contributed by atoms with van der Waals surface area (Å²) >= 11 is 1.43. The monoisotopic (exact) mass is 310 g/mol. The first-order valence-electron chi connectivity index (χ1n) is 6.11. The zero-order chi connectivity index (χ0) is 15.2. The van der Waals surface area contributed by atoms with E-state index in [1.54, 1.807) is 12.1 Å². The summed E-state index contributed by atoms with van der Waals surface area (Å²) in [6, 6.07) is 9.88. The van der Waals surface area contributed by atoms with Crippen LogP contribution in [0.5, 0.6) is 5.75 Å². The summed E-state index contributed by atoms with van der Waals surface area (Å²) in [5.41, 5.74) is -0.468. The topological polar surface area (TPSA) is 46.5 Å². The molecule has 0 spiro atoms. The van der Waals surface area contributed by atoms with E-state index in [0.29, 0.717) is 5.75 Å². The molecule has 0 aliphatic rings. The van der Waals surface area contributed by atoms with Crippen molar-refractivity contribution in [3.05, 3.63) is 59.7 Å². The Labute approximate surface area is 124 Å². The number of carbonyl (C=O) groups is 1. The number of ether oxygens (including phenoxy) is 1. The lowest BCUT2D eigenvalue weighted by Gasteiger charge is -2.09. The predicted molar refractivity (Wildman–Crippen MR) is 76.0 cm³/mol. The minimum Gasteiger partial charge on any atom is -0.492 e. The second-order valence-electron chi connectivity index (χ2n) is 4.07. The second kappa shape index (κ2) is 7.08. The van der Waals surface area contributed by atoms with Gasteiger partial charge in [0.25, 0.3) is 0 Å². The van der Waals surface area contributed by atoms with Crippen LogP contribution < -0.4 is 4.74 Å². The van der Waals surface area contributed by atoms with Crippen molar-refractivity contribution in [2.45, 2.75) is 4.90 Å². The summed E-state index contributed by atoms with van der Waals surface area (Å²) in [6.45, 7) is 0.214. The van der Waals surface area contributed by atoms with E-state index in [4.69, 9.17) is 9.84 Å². The predicted octanol–water partition coefficient (Wildman–Crippen LogP) is 3.83. The quantitative estimate of drug-likeness (QED) is 0.650. The van der Waals surface area contributed by atoms with Gasteiger partial charge in [-0.15, -0.1) is 11.8 Å². The summed E-state index contributed by atoms with van der Waals surface area (Å²) in [4.78, 5) is 11.8. The van der Waals surface area contributed by atoms with Crippen LogP contribution >= 0.6 is 11.8 Å². The molecule has 0 aromatic heterocycles. The fourth-order valence-corrected chi connectivity index (χ4v) is 2.41. The molecule has 1 N–H and O–H groups in total. The first-order chi connectivity index (χ1) is 10.1. The van der Waals surface area contributed by atoms with Gasteiger partial charge < -0.3 is 9.84 Å². The lowest BCUT2D eigenvalue weighted by Crippen LogP contribution is -2.08. The molecule has 2 rings (SSSR count). The van der Waals surface area contributed by atoms with Crippen LogP contribution in [0.25, 0.3) is 0 Å². The van der Waals surface area contributed by atoms with Crippen molar-refractivity contribution in [1.82, 2.24) is 0 Å². The highest BCUT2D eigenvalue weighted by molar-refractivity contribution is 7.99. The molecule has 21 heavy (non-hydrogen) atoms. The van der Waals surface area contributed by atoms with Gasteiger partial charge in [0, 0.05) is 10.6 Å². The maximum absolute atomic E-state index is 13.4. The molecule has 3 nitrogen and oxygen atoms in total. The highest BCUT2D eigenvalue weighted by atomic mass is 32.2. The molecule has 0 atom stereocenters. The Bertz CT molecular complexity index is 629. The van der Waals surface area contributed by atoms with Gasteiger partial charge in [0.05, 0.1) is 6.61 Å². The van der Waals surface area contributed by atoms with Crippen LogP contribution in [0, 0.1) is 11.6 Å². The molecule has 0 heterocycles. The number of carboxylic acid groups (broad SMARTS) is 1. The molecule has 0 aliphatic heterocycles. The van der Waals surface area contributed by atoms with Crippen molar-refractivity contribution in [3.8, 4) is 5.75 Å². The molecular weight excluding hydrogens is 298 g/mol. The minimum absolute atomic E-state index is 0.00204. The Hall–Kier alpha value is -2.08. The Balaban J connectivity index is 1.90. The van der Waals surface area contributed by atoms with Crippen LogP contribution in [0.3, 0.4) is 0 Å². The maximum atomic E-state index is 13.4. The Morgan fingerprint density at radius 1 is 1.14 bits per heavy atom. The first-order valence-corrected chi connectivity index (χ1v) is 7.09. The molecule has 2 aromatic carbocycles. The van der Waals surface area contributed by atoms with Crippen LogP contribution in [0.1, 0.15) is 10.4 Å². The van der Waals surface area contributed by atoms with E-state index in [1.165, 1.54) is 36.0 Å². The maximum Gasteiger partial charge on any atom is 0.342 e. The number of hydrogen-bond acceptors (Lipinski definition) is 3. The summed E-state index contributed by atoms with van der Waals surface area (Å²) in [7, 11) is 0. The zero-order valence-electron chi connectivity index (χ0n) is 10.9. The van der Waals surface area contributed by atoms with Gasteiger partial charge in [-0.1, -0.05) is 6.07 Å². The number of halogens is 2. The largest absolute Gasteiger partial charge is 0.492 e. The highest BCUT2D eigenvalue weighted by Gasteiger charge is 2.16. The number of aromatic carboxylic acids is 1.